The van der Waals surface area contributed by atoms with Gasteiger partial charge in [0.15, 0.2) is 0 Å². The van der Waals surface area contributed by atoms with Gasteiger partial charge in [0.05, 0.1) is 18.0 Å². The van der Waals surface area contributed by atoms with Crippen LogP contribution in [0.3, 0.4) is 0 Å². The Morgan fingerprint density at radius 1 is 1.22 bits per heavy atom. The summed E-state index contributed by atoms with van der Waals surface area (Å²) >= 11 is 1.55. The summed E-state index contributed by atoms with van der Waals surface area (Å²) in [5.41, 5.74) is -0.382. The highest BCUT2D eigenvalue weighted by atomic mass is 32.1. The molecule has 1 atom stereocenters. The van der Waals surface area contributed by atoms with Crippen LogP contribution >= 0.6 is 11.3 Å². The number of nitrogens with one attached hydrogen (secondary N) is 1. The SMILES string of the molecule is CC(C)[C@@H](NC(=O)Cc1cccc(C(F)(F)F)c1)c1cccs1. The van der Waals surface area contributed by atoms with Crippen LogP contribution in [0.1, 0.15) is 35.9 Å². The average Bonchev–Trinajstić information content (AvgIpc) is 2.97. The summed E-state index contributed by atoms with van der Waals surface area (Å²) in [5, 5.41) is 4.85. The summed E-state index contributed by atoms with van der Waals surface area (Å²) in [5.74, 6) is -0.0875. The number of halogens is 3. The Labute approximate surface area is 137 Å². The molecular weight excluding hydrogens is 323 g/mol. The molecule has 6 heteroatoms. The maximum atomic E-state index is 12.7. The number of carbonyl (C=O) groups is 1. The van der Waals surface area contributed by atoms with Gasteiger partial charge in [-0.1, -0.05) is 38.1 Å². The van der Waals surface area contributed by atoms with Gasteiger partial charge in [0.2, 0.25) is 5.91 Å². The van der Waals surface area contributed by atoms with Gasteiger partial charge >= 0.3 is 6.18 Å². The monoisotopic (exact) mass is 341 g/mol. The molecule has 0 aliphatic carbocycles. The van der Waals surface area contributed by atoms with E-state index in [1.165, 1.54) is 12.1 Å². The molecule has 0 unspecified atom stereocenters. The van der Waals surface area contributed by atoms with Gasteiger partial charge in [-0.05, 0) is 29.0 Å². The van der Waals surface area contributed by atoms with E-state index in [-0.39, 0.29) is 24.3 Å². The summed E-state index contributed by atoms with van der Waals surface area (Å²) < 4.78 is 38.1. The van der Waals surface area contributed by atoms with E-state index < -0.39 is 11.7 Å². The smallest absolute Gasteiger partial charge is 0.348 e. The van der Waals surface area contributed by atoms with Crippen molar-refractivity contribution in [2.24, 2.45) is 5.92 Å². The number of hydrogen-bond donors (Lipinski definition) is 1. The quantitative estimate of drug-likeness (QED) is 0.830. The highest BCUT2D eigenvalue weighted by molar-refractivity contribution is 7.10. The van der Waals surface area contributed by atoms with Gasteiger partial charge in [-0.2, -0.15) is 13.2 Å². The molecule has 124 valence electrons. The third kappa shape index (κ3) is 4.82. The van der Waals surface area contributed by atoms with Crippen molar-refractivity contribution in [3.8, 4) is 0 Å². The van der Waals surface area contributed by atoms with E-state index in [2.05, 4.69) is 5.32 Å². The molecule has 0 radical (unpaired) electrons. The Morgan fingerprint density at radius 2 is 1.96 bits per heavy atom. The Balaban J connectivity index is 2.07. The lowest BCUT2D eigenvalue weighted by Crippen LogP contribution is -2.32. The lowest BCUT2D eigenvalue weighted by atomic mass is 10.0. The fourth-order valence-electron chi connectivity index (χ4n) is 2.30. The summed E-state index contributed by atoms with van der Waals surface area (Å²) in [7, 11) is 0. The van der Waals surface area contributed by atoms with E-state index in [1.807, 2.05) is 31.4 Å². The molecule has 0 aliphatic rings. The van der Waals surface area contributed by atoms with Gasteiger partial charge in [0.1, 0.15) is 0 Å². The Hall–Kier alpha value is -1.82. The lowest BCUT2D eigenvalue weighted by Gasteiger charge is -2.21. The molecule has 0 spiro atoms. The van der Waals surface area contributed by atoms with Gasteiger partial charge < -0.3 is 5.32 Å². The van der Waals surface area contributed by atoms with Crippen LogP contribution in [0.25, 0.3) is 0 Å². The zero-order valence-electron chi connectivity index (χ0n) is 12.9. The fraction of sp³-hybridized carbons (Fsp3) is 0.353. The number of benzene rings is 1. The molecule has 0 bridgehead atoms. The number of amides is 1. The molecule has 2 rings (SSSR count). The molecule has 1 amide bonds. The molecule has 2 nitrogen and oxygen atoms in total. The van der Waals surface area contributed by atoms with Crippen molar-refractivity contribution >= 4 is 17.2 Å². The second kappa shape index (κ2) is 7.17. The summed E-state index contributed by atoms with van der Waals surface area (Å²) in [6, 6.07) is 8.61. The number of carbonyl (C=O) groups excluding carboxylic acids is 1. The second-order valence-electron chi connectivity index (χ2n) is 5.68. The minimum Gasteiger partial charge on any atom is -0.348 e. The lowest BCUT2D eigenvalue weighted by molar-refractivity contribution is -0.137. The van der Waals surface area contributed by atoms with Crippen LogP contribution in [-0.4, -0.2) is 5.91 Å². The maximum absolute atomic E-state index is 12.7. The fourth-order valence-corrected chi connectivity index (χ4v) is 3.25. The normalized spacial score (nSPS) is 13.1. The summed E-state index contributed by atoms with van der Waals surface area (Å²) in [6.07, 6.45) is -4.47. The molecule has 0 saturated heterocycles. The Kier molecular flexibility index (Phi) is 5.46. The highest BCUT2D eigenvalue weighted by Crippen LogP contribution is 2.30. The molecule has 1 heterocycles. The molecule has 0 aliphatic heterocycles. The molecule has 0 saturated carbocycles. The van der Waals surface area contributed by atoms with Gasteiger partial charge in [-0.25, -0.2) is 0 Å². The standard InChI is InChI=1S/C17H18F3NOS/c1-11(2)16(14-7-4-8-23-14)21-15(22)10-12-5-3-6-13(9-12)17(18,19)20/h3-9,11,16H,10H2,1-2H3,(H,21,22)/t16-/m1/s1. The van der Waals surface area contributed by atoms with Crippen LogP contribution in [0.5, 0.6) is 0 Å². The highest BCUT2D eigenvalue weighted by Gasteiger charge is 2.30. The van der Waals surface area contributed by atoms with Crippen molar-refractivity contribution in [2.75, 3.05) is 0 Å². The number of hydrogen-bond acceptors (Lipinski definition) is 2. The minimum atomic E-state index is -4.40. The van der Waals surface area contributed by atoms with Crippen LogP contribution < -0.4 is 5.32 Å². The van der Waals surface area contributed by atoms with Crippen molar-refractivity contribution in [3.63, 3.8) is 0 Å². The molecule has 23 heavy (non-hydrogen) atoms. The summed E-state index contributed by atoms with van der Waals surface area (Å²) in [4.78, 5) is 13.2. The van der Waals surface area contributed by atoms with E-state index in [0.717, 1.165) is 17.0 Å². The number of rotatable bonds is 5. The van der Waals surface area contributed by atoms with E-state index in [1.54, 1.807) is 11.3 Å². The molecule has 1 aromatic heterocycles. The zero-order valence-corrected chi connectivity index (χ0v) is 13.7. The van der Waals surface area contributed by atoms with Crippen LogP contribution in [0, 0.1) is 5.92 Å². The topological polar surface area (TPSA) is 29.1 Å². The van der Waals surface area contributed by atoms with Crippen LogP contribution in [0.15, 0.2) is 41.8 Å². The van der Waals surface area contributed by atoms with Crippen molar-refractivity contribution < 1.29 is 18.0 Å². The third-order valence-corrected chi connectivity index (χ3v) is 4.41. The maximum Gasteiger partial charge on any atom is 0.416 e. The molecular formula is C17H18F3NOS. The predicted octanol–water partition coefficient (Wildman–Crippen LogP) is 4.82. The zero-order chi connectivity index (χ0) is 17.0. The Morgan fingerprint density at radius 3 is 2.52 bits per heavy atom. The van der Waals surface area contributed by atoms with Gasteiger partial charge in [-0.15, -0.1) is 11.3 Å². The molecule has 1 aromatic carbocycles. The first kappa shape index (κ1) is 17.5. The van der Waals surface area contributed by atoms with Crippen molar-refractivity contribution in [1.29, 1.82) is 0 Å². The van der Waals surface area contributed by atoms with Gasteiger partial charge in [0, 0.05) is 4.88 Å². The minimum absolute atomic E-state index is 0.0709. The molecule has 2 aromatic rings. The van der Waals surface area contributed by atoms with Crippen LogP contribution in [0.4, 0.5) is 13.2 Å². The Bertz CT molecular complexity index is 650. The van der Waals surface area contributed by atoms with Crippen LogP contribution in [0.2, 0.25) is 0 Å². The first-order valence-electron chi connectivity index (χ1n) is 7.26. The van der Waals surface area contributed by atoms with Crippen molar-refractivity contribution in [1.82, 2.24) is 5.32 Å². The van der Waals surface area contributed by atoms with E-state index in [0.29, 0.717) is 5.56 Å². The largest absolute Gasteiger partial charge is 0.416 e. The average molecular weight is 341 g/mol. The van der Waals surface area contributed by atoms with Gasteiger partial charge in [-0.3, -0.25) is 4.79 Å². The molecule has 1 N–H and O–H groups in total. The van der Waals surface area contributed by atoms with E-state index >= 15 is 0 Å². The van der Waals surface area contributed by atoms with Crippen LogP contribution in [-0.2, 0) is 17.4 Å². The number of alkyl halides is 3. The van der Waals surface area contributed by atoms with Crippen molar-refractivity contribution in [2.45, 2.75) is 32.5 Å². The van der Waals surface area contributed by atoms with Gasteiger partial charge in [0.25, 0.3) is 0 Å². The van der Waals surface area contributed by atoms with E-state index in [4.69, 9.17) is 0 Å². The van der Waals surface area contributed by atoms with Crippen molar-refractivity contribution in [3.05, 3.63) is 57.8 Å². The summed E-state index contributed by atoms with van der Waals surface area (Å²) in [6.45, 7) is 3.99. The first-order chi connectivity index (χ1) is 10.8. The first-order valence-corrected chi connectivity index (χ1v) is 8.14. The third-order valence-electron chi connectivity index (χ3n) is 3.45. The second-order valence-corrected chi connectivity index (χ2v) is 6.66. The van der Waals surface area contributed by atoms with E-state index in [9.17, 15) is 18.0 Å². The predicted molar refractivity (Wildman–Crippen MR) is 85.2 cm³/mol. The number of thiophene rings is 1. The molecule has 0 fully saturated rings.